The minimum atomic E-state index is 1.10. The summed E-state index contributed by atoms with van der Waals surface area (Å²) in [6.07, 6.45) is 0. The summed E-state index contributed by atoms with van der Waals surface area (Å²) in [6.45, 7) is 0. The number of hydrogen-bond acceptors (Lipinski definition) is 4. The number of rotatable bonds is 8. The van der Waals surface area contributed by atoms with Gasteiger partial charge in [0, 0.05) is 50.9 Å². The van der Waals surface area contributed by atoms with E-state index in [0.29, 0.717) is 0 Å². The minimum Gasteiger partial charge on any atom is -0.388 e. The molecule has 0 aliphatic heterocycles. The third-order valence-corrected chi connectivity index (χ3v) is 19.0. The lowest BCUT2D eigenvalue weighted by molar-refractivity contribution is 1.51. The van der Waals surface area contributed by atoms with Gasteiger partial charge in [-0.25, -0.2) is 0 Å². The molecule has 0 unspecified atom stereocenters. The average Bonchev–Trinajstić information content (AvgIpc) is 1.57. The second-order valence-corrected chi connectivity index (χ2v) is 22.6. The van der Waals surface area contributed by atoms with Crippen molar-refractivity contribution in [2.75, 3.05) is 49.5 Å². The summed E-state index contributed by atoms with van der Waals surface area (Å²) < 4.78 is 0. The molecule has 4 N–H and O–H groups in total. The Balaban J connectivity index is 0.913. The molecule has 0 radical (unpaired) electrons. The maximum Gasteiger partial charge on any atom is 0.0337 e. The Morgan fingerprint density at radius 3 is 0.573 bits per heavy atom. The molecule has 0 saturated heterocycles. The highest BCUT2D eigenvalue weighted by molar-refractivity contribution is 6.46. The Morgan fingerprint density at radius 2 is 0.366 bits per heavy atom. The summed E-state index contributed by atoms with van der Waals surface area (Å²) in [4.78, 5) is 0. The molecule has 2 aliphatic carbocycles. The number of anilines is 4. The number of fused-ring (bicyclic) bond motifs is 12. The van der Waals surface area contributed by atoms with E-state index in [9.17, 15) is 0 Å². The molecule has 82 heavy (non-hydrogen) atoms. The first-order valence-electron chi connectivity index (χ1n) is 28.7. The number of benzene rings is 16. The normalized spacial score (nSPS) is 12.4. The van der Waals surface area contributed by atoms with Gasteiger partial charge in [-0.05, 0) is 234 Å². The van der Waals surface area contributed by atoms with E-state index in [-0.39, 0.29) is 0 Å². The quantitative estimate of drug-likeness (QED) is 0.0905. The first-order valence-corrected chi connectivity index (χ1v) is 28.7. The fourth-order valence-corrected chi connectivity index (χ4v) is 15.5. The zero-order valence-electron chi connectivity index (χ0n) is 45.8. The third kappa shape index (κ3) is 5.80. The molecule has 0 bridgehead atoms. The lowest BCUT2D eigenvalue weighted by Gasteiger charge is -2.20. The summed E-state index contributed by atoms with van der Waals surface area (Å²) >= 11 is 0. The van der Waals surface area contributed by atoms with E-state index < -0.39 is 0 Å². The van der Waals surface area contributed by atoms with Gasteiger partial charge in [0.25, 0.3) is 0 Å². The van der Waals surface area contributed by atoms with Crippen molar-refractivity contribution in [3.63, 3.8) is 0 Å². The monoisotopic (exact) mass is 1040 g/mol. The molecule has 4 nitrogen and oxygen atoms in total. The van der Waals surface area contributed by atoms with Gasteiger partial charge in [-0.15, -0.1) is 0 Å². The highest BCUT2D eigenvalue weighted by atomic mass is 14.8. The van der Waals surface area contributed by atoms with E-state index >= 15 is 0 Å². The lowest BCUT2D eigenvalue weighted by Crippen LogP contribution is -1.94. The highest BCUT2D eigenvalue weighted by Crippen LogP contribution is 2.63. The van der Waals surface area contributed by atoms with Crippen molar-refractivity contribution in [2.45, 2.75) is 0 Å². The number of hydrogen-bond donors (Lipinski definition) is 4. The van der Waals surface area contributed by atoms with E-state index in [1.54, 1.807) is 0 Å². The molecule has 18 rings (SSSR count). The first-order chi connectivity index (χ1) is 40.5. The van der Waals surface area contributed by atoms with Gasteiger partial charge in [0.15, 0.2) is 0 Å². The van der Waals surface area contributed by atoms with Crippen LogP contribution in [0, 0.1) is 0 Å². The van der Waals surface area contributed by atoms with Crippen molar-refractivity contribution < 1.29 is 0 Å². The van der Waals surface area contributed by atoms with E-state index in [0.717, 1.165) is 22.7 Å². The standard InChI is InChI=1S/C78H52N4/c1-79-45-21-13-41(14-22-45)65-49-9-5-6-10-50(49)66(42-15-23-46(80-2)24-16-42)76-62-38-34-58-54-30-32-56-60-36-40-64-74-63(39-35-59(72(60)74)55-31-29-53(69(54)70(55)56)57-33-37-61(75(65)76)73(62)71(57)58)77-67(43-17-25-47(81-3)26-18-43)51-11-7-8-12-52(51)68(78(64)77)44-19-27-48(82-4)28-20-44/h5-40,79-82H,1-4H3. The van der Waals surface area contributed by atoms with Crippen LogP contribution in [0.2, 0.25) is 0 Å². The molecule has 0 aromatic heterocycles. The van der Waals surface area contributed by atoms with Gasteiger partial charge in [-0.3, -0.25) is 0 Å². The largest absolute Gasteiger partial charge is 0.388 e. The van der Waals surface area contributed by atoms with Crippen molar-refractivity contribution in [3.05, 3.63) is 218 Å². The van der Waals surface area contributed by atoms with Crippen molar-refractivity contribution >= 4 is 120 Å². The summed E-state index contributed by atoms with van der Waals surface area (Å²) in [5.41, 5.74) is 24.8. The van der Waals surface area contributed by atoms with E-state index in [1.165, 1.54) is 186 Å². The van der Waals surface area contributed by atoms with Crippen LogP contribution < -0.4 is 21.3 Å². The van der Waals surface area contributed by atoms with Gasteiger partial charge in [0.05, 0.1) is 0 Å². The summed E-state index contributed by atoms with van der Waals surface area (Å²) in [7, 11) is 7.96. The Morgan fingerprint density at radius 1 is 0.171 bits per heavy atom. The number of nitrogens with one attached hydrogen (secondary N) is 4. The van der Waals surface area contributed by atoms with E-state index in [4.69, 9.17) is 0 Å². The van der Waals surface area contributed by atoms with Gasteiger partial charge in [0.1, 0.15) is 0 Å². The lowest BCUT2D eigenvalue weighted by atomic mass is 9.82. The SMILES string of the molecule is CNc1ccc(-c2c3c(c(-c4ccc(NC)cc4)c4ccccc24)-c2ccc4c5ccc6c7ccc8c9c(ccc(c%10ccc(c%11ccc-3c2c%114)c5c%106)c97)-c2c-8c(-c3ccc(NC)cc3)c3ccccc3c2-c2ccc(NC)cc2)cc1. The Bertz CT molecular complexity index is 4780. The molecular formula is C78H52N4. The smallest absolute Gasteiger partial charge is 0.0337 e. The van der Waals surface area contributed by atoms with Crippen LogP contribution in [0.5, 0.6) is 0 Å². The zero-order valence-corrected chi connectivity index (χ0v) is 45.8. The molecule has 0 spiro atoms. The molecule has 384 valence electrons. The molecule has 0 fully saturated rings. The summed E-state index contributed by atoms with van der Waals surface area (Å²) in [5, 5.41) is 37.0. The summed E-state index contributed by atoms with van der Waals surface area (Å²) in [6, 6.07) is 83.6. The van der Waals surface area contributed by atoms with Gasteiger partial charge < -0.3 is 21.3 Å². The van der Waals surface area contributed by atoms with Gasteiger partial charge >= 0.3 is 0 Å². The molecular weight excluding hydrogens is 993 g/mol. The molecule has 16 aromatic rings. The van der Waals surface area contributed by atoms with E-state index in [1.807, 2.05) is 28.2 Å². The fraction of sp³-hybridized carbons (Fsp3) is 0.0513. The minimum absolute atomic E-state index is 1.10. The highest BCUT2D eigenvalue weighted by Gasteiger charge is 2.35. The van der Waals surface area contributed by atoms with Crippen LogP contribution in [0.15, 0.2) is 218 Å². The van der Waals surface area contributed by atoms with Gasteiger partial charge in [-0.2, -0.15) is 0 Å². The van der Waals surface area contributed by atoms with Crippen LogP contribution in [0.3, 0.4) is 0 Å². The third-order valence-electron chi connectivity index (χ3n) is 19.0. The van der Waals surface area contributed by atoms with Crippen LogP contribution in [0.25, 0.3) is 186 Å². The Hall–Kier alpha value is -10.4. The Labute approximate surface area is 474 Å². The second-order valence-electron chi connectivity index (χ2n) is 22.6. The second kappa shape index (κ2) is 16.6. The maximum absolute atomic E-state index is 3.36. The van der Waals surface area contributed by atoms with Crippen molar-refractivity contribution in [1.82, 2.24) is 0 Å². The predicted octanol–water partition coefficient (Wildman–Crippen LogP) is 21.1. The van der Waals surface area contributed by atoms with Gasteiger partial charge in [-0.1, -0.05) is 170 Å². The fourth-order valence-electron chi connectivity index (χ4n) is 15.5. The zero-order chi connectivity index (χ0) is 54.2. The molecule has 2 aliphatic rings. The predicted molar refractivity (Wildman–Crippen MR) is 355 cm³/mol. The van der Waals surface area contributed by atoms with E-state index in [2.05, 4.69) is 240 Å². The molecule has 0 saturated carbocycles. The van der Waals surface area contributed by atoms with Crippen molar-refractivity contribution in [1.29, 1.82) is 0 Å². The Kier molecular flexibility index (Phi) is 9.19. The molecule has 4 heteroatoms. The van der Waals surface area contributed by atoms with Crippen LogP contribution in [0.1, 0.15) is 0 Å². The topological polar surface area (TPSA) is 48.1 Å². The van der Waals surface area contributed by atoms with Crippen LogP contribution in [-0.4, -0.2) is 28.2 Å². The van der Waals surface area contributed by atoms with Crippen LogP contribution in [0.4, 0.5) is 22.7 Å². The van der Waals surface area contributed by atoms with Crippen molar-refractivity contribution in [3.8, 4) is 89.0 Å². The first kappa shape index (κ1) is 45.4. The molecule has 0 atom stereocenters. The van der Waals surface area contributed by atoms with Crippen molar-refractivity contribution in [2.24, 2.45) is 0 Å². The molecule has 16 aromatic carbocycles. The summed E-state index contributed by atoms with van der Waals surface area (Å²) in [5.74, 6) is 0. The molecule has 0 heterocycles. The molecule has 0 amide bonds. The van der Waals surface area contributed by atoms with Gasteiger partial charge in [0.2, 0.25) is 0 Å². The maximum atomic E-state index is 3.36. The van der Waals surface area contributed by atoms with Crippen LogP contribution >= 0.6 is 0 Å². The average molecular weight is 1050 g/mol. The van der Waals surface area contributed by atoms with Crippen LogP contribution in [-0.2, 0) is 0 Å².